The third kappa shape index (κ3) is 7.96. The second-order valence-electron chi connectivity index (χ2n) is 9.65. The fourth-order valence-electron chi connectivity index (χ4n) is 4.86. The van der Waals surface area contributed by atoms with Gasteiger partial charge in [-0.2, -0.15) is 17.5 Å². The van der Waals surface area contributed by atoms with Crippen LogP contribution in [0.25, 0.3) is 0 Å². The van der Waals surface area contributed by atoms with Gasteiger partial charge in [0, 0.05) is 44.2 Å². The minimum Gasteiger partial charge on any atom is -0.406 e. The number of carbonyl (C=O) groups is 1. The number of halogens is 6. The number of amides is 1. The predicted octanol–water partition coefficient (Wildman–Crippen LogP) is 4.25. The number of hydrogen-bond donors (Lipinski definition) is 0. The van der Waals surface area contributed by atoms with E-state index >= 15 is 0 Å². The van der Waals surface area contributed by atoms with E-state index in [0.29, 0.717) is 23.4 Å². The number of benzene rings is 1. The van der Waals surface area contributed by atoms with Crippen molar-refractivity contribution in [2.24, 2.45) is 5.92 Å². The molecule has 7 nitrogen and oxygen atoms in total. The van der Waals surface area contributed by atoms with E-state index in [9.17, 15) is 39.6 Å². The molecule has 37 heavy (non-hydrogen) atoms. The average Bonchev–Trinajstić information content (AvgIpc) is 2.81. The fraction of sp³-hybridized carbons (Fsp3) is 0.696. The molecular formula is C23H31F6N3O4S. The van der Waals surface area contributed by atoms with Gasteiger partial charge in [-0.15, -0.1) is 13.2 Å². The molecule has 0 unspecified atom stereocenters. The van der Waals surface area contributed by atoms with Crippen LogP contribution >= 0.6 is 0 Å². The zero-order chi connectivity index (χ0) is 27.6. The Kier molecular flexibility index (Phi) is 9.05. The maximum atomic E-state index is 13.4. The fourth-order valence-corrected chi connectivity index (χ4v) is 6.53. The molecule has 1 aromatic rings. The normalized spacial score (nSPS) is 22.5. The number of rotatable bonds is 7. The Bertz CT molecular complexity index is 1010. The summed E-state index contributed by atoms with van der Waals surface area (Å²) in [5, 5.41) is 0. The Morgan fingerprint density at radius 2 is 1.51 bits per heavy atom. The summed E-state index contributed by atoms with van der Waals surface area (Å²) in [6, 6.07) is 2.40. The first kappa shape index (κ1) is 29.5. The highest BCUT2D eigenvalue weighted by Crippen LogP contribution is 2.35. The number of ether oxygens (including phenoxy) is 1. The Hall–Kier alpha value is -2.06. The molecule has 1 aliphatic heterocycles. The van der Waals surface area contributed by atoms with Crippen LogP contribution in [0, 0.1) is 5.92 Å². The van der Waals surface area contributed by atoms with Crippen LogP contribution in [0.5, 0.6) is 5.75 Å². The lowest BCUT2D eigenvalue weighted by Gasteiger charge is -2.40. The van der Waals surface area contributed by atoms with E-state index in [0.717, 1.165) is 37.4 Å². The van der Waals surface area contributed by atoms with Gasteiger partial charge in [-0.05, 0) is 63.8 Å². The molecule has 1 aromatic carbocycles. The minimum absolute atomic E-state index is 0.0624. The molecule has 3 rings (SSSR count). The Balaban J connectivity index is 1.69. The molecule has 0 spiro atoms. The van der Waals surface area contributed by atoms with Gasteiger partial charge in [-0.1, -0.05) is 0 Å². The van der Waals surface area contributed by atoms with Crippen LogP contribution in [0.15, 0.2) is 29.2 Å². The van der Waals surface area contributed by atoms with Crippen LogP contribution in [0.2, 0.25) is 0 Å². The lowest BCUT2D eigenvalue weighted by Crippen LogP contribution is -2.53. The first-order valence-electron chi connectivity index (χ1n) is 12.0. The highest BCUT2D eigenvalue weighted by Gasteiger charge is 2.43. The molecule has 1 amide bonds. The summed E-state index contributed by atoms with van der Waals surface area (Å²) in [6.07, 6.45) is -9.22. The van der Waals surface area contributed by atoms with E-state index in [1.54, 1.807) is 4.90 Å². The molecule has 2 fully saturated rings. The van der Waals surface area contributed by atoms with E-state index in [2.05, 4.69) is 23.5 Å². The summed E-state index contributed by atoms with van der Waals surface area (Å²) in [7, 11) is -4.69. The molecule has 0 N–H and O–H groups in total. The Labute approximate surface area is 212 Å². The van der Waals surface area contributed by atoms with E-state index in [1.165, 1.54) is 0 Å². The zero-order valence-electron chi connectivity index (χ0n) is 20.6. The molecule has 2 aliphatic rings. The molecule has 0 atom stereocenters. The van der Waals surface area contributed by atoms with E-state index < -0.39 is 51.7 Å². The highest BCUT2D eigenvalue weighted by atomic mass is 32.2. The summed E-state index contributed by atoms with van der Waals surface area (Å²) in [5.41, 5.74) is 0. The molecule has 14 heteroatoms. The standard InChI is InChI=1S/C23H31F6N3O4S/c1-16(2)30-11-13-31(14-12-30)21(33)17-3-5-18(6-4-17)32(15-22(24,25)26)37(34,35)20-9-7-19(8-10-20)36-23(27,28)29/h7-10,16-18H,3-6,11-15H2,1-2H3/t17-,18-. The summed E-state index contributed by atoms with van der Waals surface area (Å²) >= 11 is 0. The number of carbonyl (C=O) groups excluding carboxylic acids is 1. The number of nitrogens with zero attached hydrogens (tertiary/aromatic N) is 3. The molecule has 0 bridgehead atoms. The second-order valence-corrected chi connectivity index (χ2v) is 11.5. The van der Waals surface area contributed by atoms with Gasteiger partial charge < -0.3 is 9.64 Å². The average molecular weight is 560 g/mol. The highest BCUT2D eigenvalue weighted by molar-refractivity contribution is 7.89. The van der Waals surface area contributed by atoms with Crippen molar-refractivity contribution in [1.29, 1.82) is 0 Å². The van der Waals surface area contributed by atoms with Gasteiger partial charge in [0.25, 0.3) is 0 Å². The maximum Gasteiger partial charge on any atom is 0.573 e. The zero-order valence-corrected chi connectivity index (χ0v) is 21.4. The number of piperazine rings is 1. The maximum absolute atomic E-state index is 13.4. The summed E-state index contributed by atoms with van der Waals surface area (Å²) in [4.78, 5) is 16.4. The van der Waals surface area contributed by atoms with Crippen LogP contribution < -0.4 is 4.74 Å². The Morgan fingerprint density at radius 3 is 1.97 bits per heavy atom. The lowest BCUT2D eigenvalue weighted by molar-refractivity contribution is -0.274. The first-order valence-corrected chi connectivity index (χ1v) is 13.5. The molecular weight excluding hydrogens is 528 g/mol. The van der Waals surface area contributed by atoms with Crippen LogP contribution in [0.3, 0.4) is 0 Å². The van der Waals surface area contributed by atoms with Crippen LogP contribution in [0.1, 0.15) is 39.5 Å². The molecule has 1 saturated carbocycles. The molecule has 0 aromatic heterocycles. The van der Waals surface area contributed by atoms with Crippen molar-refractivity contribution in [3.05, 3.63) is 24.3 Å². The van der Waals surface area contributed by atoms with Crippen molar-refractivity contribution < 1.29 is 44.3 Å². The molecule has 1 saturated heterocycles. The third-order valence-electron chi connectivity index (χ3n) is 6.81. The van der Waals surface area contributed by atoms with Crippen molar-refractivity contribution >= 4 is 15.9 Å². The van der Waals surface area contributed by atoms with E-state index in [-0.39, 0.29) is 31.6 Å². The van der Waals surface area contributed by atoms with Gasteiger partial charge in [0.1, 0.15) is 12.3 Å². The van der Waals surface area contributed by atoms with Crippen molar-refractivity contribution in [1.82, 2.24) is 14.1 Å². The molecule has 0 radical (unpaired) electrons. The Morgan fingerprint density at radius 1 is 0.973 bits per heavy atom. The number of sulfonamides is 1. The molecule has 1 heterocycles. The SMILES string of the molecule is CC(C)N1CCN(C(=O)[C@H]2CC[C@H](N(CC(F)(F)F)S(=O)(=O)c3ccc(OC(F)(F)F)cc3)CC2)CC1. The van der Waals surface area contributed by atoms with Gasteiger partial charge in [0.2, 0.25) is 15.9 Å². The van der Waals surface area contributed by atoms with E-state index in [1.807, 2.05) is 0 Å². The van der Waals surface area contributed by atoms with Crippen molar-refractivity contribution in [3.8, 4) is 5.75 Å². The molecule has 210 valence electrons. The third-order valence-corrected chi connectivity index (χ3v) is 8.72. The smallest absolute Gasteiger partial charge is 0.406 e. The first-order chi connectivity index (χ1) is 17.1. The lowest BCUT2D eigenvalue weighted by atomic mass is 9.85. The van der Waals surface area contributed by atoms with Gasteiger partial charge in [-0.25, -0.2) is 8.42 Å². The summed E-state index contributed by atoms with van der Waals surface area (Å²) in [6.45, 7) is 5.02. The van der Waals surface area contributed by atoms with Crippen molar-refractivity contribution in [2.45, 2.75) is 69.0 Å². The number of hydrogen-bond acceptors (Lipinski definition) is 5. The van der Waals surface area contributed by atoms with Gasteiger partial charge >= 0.3 is 12.5 Å². The largest absolute Gasteiger partial charge is 0.573 e. The second kappa shape index (κ2) is 11.4. The number of alkyl halides is 6. The monoisotopic (exact) mass is 559 g/mol. The molecule has 1 aliphatic carbocycles. The minimum atomic E-state index is -5.00. The van der Waals surface area contributed by atoms with Gasteiger partial charge in [-0.3, -0.25) is 9.69 Å². The van der Waals surface area contributed by atoms with Crippen molar-refractivity contribution in [2.75, 3.05) is 32.7 Å². The van der Waals surface area contributed by atoms with E-state index in [4.69, 9.17) is 0 Å². The quantitative estimate of drug-likeness (QED) is 0.468. The van der Waals surface area contributed by atoms with Crippen LogP contribution in [-0.4, -0.2) is 85.8 Å². The summed E-state index contributed by atoms with van der Waals surface area (Å²) < 4.78 is 108. The topological polar surface area (TPSA) is 70.2 Å². The summed E-state index contributed by atoms with van der Waals surface area (Å²) in [5.74, 6) is -1.15. The predicted molar refractivity (Wildman–Crippen MR) is 122 cm³/mol. The van der Waals surface area contributed by atoms with Gasteiger partial charge in [0.05, 0.1) is 4.90 Å². The van der Waals surface area contributed by atoms with Crippen LogP contribution in [-0.2, 0) is 14.8 Å². The van der Waals surface area contributed by atoms with Crippen LogP contribution in [0.4, 0.5) is 26.3 Å². The van der Waals surface area contributed by atoms with Crippen molar-refractivity contribution in [3.63, 3.8) is 0 Å². The van der Waals surface area contributed by atoms with Gasteiger partial charge in [0.15, 0.2) is 0 Å².